The van der Waals surface area contributed by atoms with Gasteiger partial charge in [-0.05, 0) is 19.4 Å². The first-order valence-corrected chi connectivity index (χ1v) is 4.97. The van der Waals surface area contributed by atoms with Gasteiger partial charge >= 0.3 is 0 Å². The third-order valence-corrected chi connectivity index (χ3v) is 2.30. The fraction of sp³-hybridized carbons (Fsp3) is 0.385. The Hall–Kier alpha value is -1.26. The Kier molecular flexibility index (Phi) is 4.22. The number of rotatable bonds is 4. The largest absolute Gasteiger partial charge is 0.309 e. The van der Waals surface area contributed by atoms with E-state index in [2.05, 4.69) is 49.4 Å². The van der Waals surface area contributed by atoms with Crippen molar-refractivity contribution in [3.63, 3.8) is 0 Å². The quantitative estimate of drug-likeness (QED) is 0.564. The van der Waals surface area contributed by atoms with Crippen LogP contribution in [0.1, 0.15) is 30.5 Å². The minimum Gasteiger partial charge on any atom is -0.309 e. The van der Waals surface area contributed by atoms with Crippen molar-refractivity contribution in [3.8, 4) is 12.3 Å². The molecule has 0 heterocycles. The highest BCUT2D eigenvalue weighted by molar-refractivity contribution is 5.23. The lowest BCUT2D eigenvalue weighted by Gasteiger charge is -2.13. The summed E-state index contributed by atoms with van der Waals surface area (Å²) < 4.78 is 0. The number of nitrogens with one attached hydrogen (secondary N) is 1. The van der Waals surface area contributed by atoms with Gasteiger partial charge in [-0.15, -0.1) is 12.3 Å². The number of terminal acetylenes is 1. The number of aryl methyl sites for hydroxylation is 1. The van der Waals surface area contributed by atoms with E-state index in [1.807, 2.05) is 0 Å². The van der Waals surface area contributed by atoms with E-state index >= 15 is 0 Å². The van der Waals surface area contributed by atoms with Crippen LogP contribution in [0.2, 0.25) is 0 Å². The standard InChI is InChI=1S/C13H17N/c1-4-5-10-14-12(3)13-8-6-11(2)7-9-13/h1,6-9,12,14H,5,10H2,2-3H3/t12-/m1/s1. The Morgan fingerprint density at radius 3 is 2.57 bits per heavy atom. The van der Waals surface area contributed by atoms with Crippen LogP contribution in [0.4, 0.5) is 0 Å². The van der Waals surface area contributed by atoms with Crippen LogP contribution in [0, 0.1) is 19.3 Å². The van der Waals surface area contributed by atoms with Crippen molar-refractivity contribution >= 4 is 0 Å². The highest BCUT2D eigenvalue weighted by atomic mass is 14.9. The van der Waals surface area contributed by atoms with Crippen LogP contribution >= 0.6 is 0 Å². The molecule has 1 aromatic rings. The molecular weight excluding hydrogens is 170 g/mol. The summed E-state index contributed by atoms with van der Waals surface area (Å²) in [6.07, 6.45) is 5.97. The number of hydrogen-bond donors (Lipinski definition) is 1. The van der Waals surface area contributed by atoms with E-state index in [0.717, 1.165) is 13.0 Å². The molecule has 0 fully saturated rings. The van der Waals surface area contributed by atoms with Crippen LogP contribution < -0.4 is 5.32 Å². The Labute approximate surface area is 86.5 Å². The van der Waals surface area contributed by atoms with E-state index in [-0.39, 0.29) is 0 Å². The Morgan fingerprint density at radius 2 is 2.00 bits per heavy atom. The zero-order valence-electron chi connectivity index (χ0n) is 8.88. The van der Waals surface area contributed by atoms with Crippen LogP contribution in [-0.4, -0.2) is 6.54 Å². The molecule has 1 heteroatoms. The lowest BCUT2D eigenvalue weighted by molar-refractivity contribution is 0.584. The van der Waals surface area contributed by atoms with Gasteiger partial charge in [0, 0.05) is 19.0 Å². The molecule has 0 unspecified atom stereocenters. The van der Waals surface area contributed by atoms with E-state index in [0.29, 0.717) is 6.04 Å². The molecule has 74 valence electrons. The molecule has 1 nitrogen and oxygen atoms in total. The van der Waals surface area contributed by atoms with Crippen LogP contribution in [0.5, 0.6) is 0 Å². The lowest BCUT2D eigenvalue weighted by atomic mass is 10.1. The maximum absolute atomic E-state index is 5.18. The van der Waals surface area contributed by atoms with Gasteiger partial charge in [-0.2, -0.15) is 0 Å². The lowest BCUT2D eigenvalue weighted by Crippen LogP contribution is -2.19. The van der Waals surface area contributed by atoms with E-state index in [1.165, 1.54) is 11.1 Å². The summed E-state index contributed by atoms with van der Waals surface area (Å²) in [7, 11) is 0. The second kappa shape index (κ2) is 5.47. The smallest absolute Gasteiger partial charge is 0.0292 e. The van der Waals surface area contributed by atoms with Gasteiger partial charge in [-0.3, -0.25) is 0 Å². The topological polar surface area (TPSA) is 12.0 Å². The first-order chi connectivity index (χ1) is 6.74. The zero-order chi connectivity index (χ0) is 10.4. The van der Waals surface area contributed by atoms with Crippen molar-refractivity contribution < 1.29 is 0 Å². The molecule has 0 bridgehead atoms. The molecule has 0 spiro atoms. The fourth-order valence-electron chi connectivity index (χ4n) is 1.33. The Morgan fingerprint density at radius 1 is 1.36 bits per heavy atom. The van der Waals surface area contributed by atoms with Crippen molar-refractivity contribution in [2.75, 3.05) is 6.54 Å². The van der Waals surface area contributed by atoms with Gasteiger partial charge in [0.15, 0.2) is 0 Å². The van der Waals surface area contributed by atoms with Gasteiger partial charge in [-0.25, -0.2) is 0 Å². The summed E-state index contributed by atoms with van der Waals surface area (Å²) in [5, 5.41) is 3.38. The van der Waals surface area contributed by atoms with E-state index in [9.17, 15) is 0 Å². The van der Waals surface area contributed by atoms with Crippen molar-refractivity contribution in [3.05, 3.63) is 35.4 Å². The Bertz CT molecular complexity index is 305. The summed E-state index contributed by atoms with van der Waals surface area (Å²) in [6, 6.07) is 8.96. The molecule has 0 radical (unpaired) electrons. The van der Waals surface area contributed by atoms with Crippen molar-refractivity contribution in [1.82, 2.24) is 5.32 Å². The monoisotopic (exact) mass is 187 g/mol. The van der Waals surface area contributed by atoms with Gasteiger partial charge in [0.05, 0.1) is 0 Å². The summed E-state index contributed by atoms with van der Waals surface area (Å²) in [4.78, 5) is 0. The molecule has 1 atom stereocenters. The molecule has 1 rings (SSSR count). The zero-order valence-corrected chi connectivity index (χ0v) is 8.88. The van der Waals surface area contributed by atoms with E-state index < -0.39 is 0 Å². The van der Waals surface area contributed by atoms with Gasteiger partial charge in [-0.1, -0.05) is 29.8 Å². The molecule has 1 N–H and O–H groups in total. The maximum Gasteiger partial charge on any atom is 0.0292 e. The molecule has 0 aromatic heterocycles. The number of hydrogen-bond acceptors (Lipinski definition) is 1. The van der Waals surface area contributed by atoms with E-state index in [4.69, 9.17) is 6.42 Å². The molecule has 0 aliphatic rings. The summed E-state index contributed by atoms with van der Waals surface area (Å²) in [6.45, 7) is 5.13. The molecule has 0 aliphatic carbocycles. The molecule has 0 amide bonds. The molecule has 0 saturated heterocycles. The molecular formula is C13H17N. The second-order valence-corrected chi connectivity index (χ2v) is 3.54. The molecule has 0 saturated carbocycles. The SMILES string of the molecule is C#CCCN[C@H](C)c1ccc(C)cc1. The summed E-state index contributed by atoms with van der Waals surface area (Å²) in [5.74, 6) is 2.62. The number of benzene rings is 1. The molecule has 1 aromatic carbocycles. The Balaban J connectivity index is 2.48. The van der Waals surface area contributed by atoms with Gasteiger partial charge in [0.2, 0.25) is 0 Å². The minimum atomic E-state index is 0.379. The highest BCUT2D eigenvalue weighted by Gasteiger charge is 2.02. The van der Waals surface area contributed by atoms with Crippen molar-refractivity contribution in [2.24, 2.45) is 0 Å². The molecule has 0 aliphatic heterocycles. The molecule has 14 heavy (non-hydrogen) atoms. The van der Waals surface area contributed by atoms with Gasteiger partial charge in [0.25, 0.3) is 0 Å². The second-order valence-electron chi connectivity index (χ2n) is 3.54. The maximum atomic E-state index is 5.18. The predicted molar refractivity (Wildman–Crippen MR) is 61.0 cm³/mol. The van der Waals surface area contributed by atoms with Crippen molar-refractivity contribution in [1.29, 1.82) is 0 Å². The predicted octanol–water partition coefficient (Wildman–Crippen LogP) is 2.67. The van der Waals surface area contributed by atoms with Crippen molar-refractivity contribution in [2.45, 2.75) is 26.3 Å². The van der Waals surface area contributed by atoms with Gasteiger partial charge < -0.3 is 5.32 Å². The first kappa shape index (κ1) is 10.8. The van der Waals surface area contributed by atoms with Crippen LogP contribution in [0.15, 0.2) is 24.3 Å². The van der Waals surface area contributed by atoms with Crippen LogP contribution in [0.3, 0.4) is 0 Å². The van der Waals surface area contributed by atoms with Crippen LogP contribution in [-0.2, 0) is 0 Å². The average molecular weight is 187 g/mol. The van der Waals surface area contributed by atoms with E-state index in [1.54, 1.807) is 0 Å². The highest BCUT2D eigenvalue weighted by Crippen LogP contribution is 2.12. The average Bonchev–Trinajstić information content (AvgIpc) is 2.19. The third kappa shape index (κ3) is 3.24. The van der Waals surface area contributed by atoms with Crippen LogP contribution in [0.25, 0.3) is 0 Å². The van der Waals surface area contributed by atoms with Gasteiger partial charge in [0.1, 0.15) is 0 Å². The fourth-order valence-corrected chi connectivity index (χ4v) is 1.33. The third-order valence-electron chi connectivity index (χ3n) is 2.30. The minimum absolute atomic E-state index is 0.379. The summed E-state index contributed by atoms with van der Waals surface area (Å²) in [5.41, 5.74) is 2.61. The summed E-state index contributed by atoms with van der Waals surface area (Å²) >= 11 is 0. The normalized spacial score (nSPS) is 12.1. The first-order valence-electron chi connectivity index (χ1n) is 4.97.